The number of nitrogens with one attached hydrogen (secondary N) is 1. The largest absolute Gasteiger partial charge is 0.353 e. The predicted molar refractivity (Wildman–Crippen MR) is 85.8 cm³/mol. The van der Waals surface area contributed by atoms with Crippen LogP contribution in [0.5, 0.6) is 0 Å². The molecule has 2 saturated carbocycles. The van der Waals surface area contributed by atoms with Crippen molar-refractivity contribution in [1.82, 2.24) is 15.1 Å². The van der Waals surface area contributed by atoms with E-state index in [-0.39, 0.29) is 5.91 Å². The van der Waals surface area contributed by atoms with E-state index in [9.17, 15) is 4.79 Å². The fraction of sp³-hybridized carbons (Fsp3) is 0.750. The lowest BCUT2D eigenvalue weighted by Gasteiger charge is -2.28. The standard InChI is InChI=1S/C16H24BrN3O/c1-10(14-8-12-3-4-13(14)7-12)19-16(21)5-6-20-11(2)15(17)9-18-20/h9-10,12-14H,3-8H2,1-2H3,(H,19,21). The van der Waals surface area contributed by atoms with Gasteiger partial charge in [0.25, 0.3) is 0 Å². The average molecular weight is 354 g/mol. The highest BCUT2D eigenvalue weighted by Gasteiger charge is 2.42. The number of aromatic nitrogens is 2. The number of aryl methyl sites for hydroxylation is 1. The Labute approximate surface area is 134 Å². The molecular formula is C16H24BrN3O. The topological polar surface area (TPSA) is 46.9 Å². The molecule has 2 fully saturated rings. The number of rotatable bonds is 5. The summed E-state index contributed by atoms with van der Waals surface area (Å²) >= 11 is 3.44. The summed E-state index contributed by atoms with van der Waals surface area (Å²) in [5, 5.41) is 7.48. The van der Waals surface area contributed by atoms with Gasteiger partial charge in [0, 0.05) is 24.7 Å². The van der Waals surface area contributed by atoms with Crippen LogP contribution in [0.3, 0.4) is 0 Å². The van der Waals surface area contributed by atoms with Gasteiger partial charge in [-0.3, -0.25) is 9.48 Å². The monoisotopic (exact) mass is 353 g/mol. The first kappa shape index (κ1) is 15.1. The van der Waals surface area contributed by atoms with Gasteiger partial charge in [0.15, 0.2) is 0 Å². The van der Waals surface area contributed by atoms with E-state index in [1.807, 2.05) is 11.6 Å². The van der Waals surface area contributed by atoms with E-state index in [0.717, 1.165) is 22.0 Å². The van der Waals surface area contributed by atoms with Gasteiger partial charge in [0.1, 0.15) is 0 Å². The van der Waals surface area contributed by atoms with Crippen LogP contribution in [0.25, 0.3) is 0 Å². The van der Waals surface area contributed by atoms with Crippen LogP contribution in [0.1, 0.15) is 44.7 Å². The van der Waals surface area contributed by atoms with Gasteiger partial charge in [-0.15, -0.1) is 0 Å². The molecule has 0 spiro atoms. The van der Waals surface area contributed by atoms with Crippen molar-refractivity contribution in [3.05, 3.63) is 16.4 Å². The van der Waals surface area contributed by atoms with E-state index in [2.05, 4.69) is 33.3 Å². The van der Waals surface area contributed by atoms with Crippen molar-refractivity contribution in [2.24, 2.45) is 17.8 Å². The maximum atomic E-state index is 12.1. The molecule has 3 rings (SSSR count). The fourth-order valence-electron chi connectivity index (χ4n) is 4.20. The Morgan fingerprint density at radius 3 is 2.90 bits per heavy atom. The summed E-state index contributed by atoms with van der Waals surface area (Å²) in [5.41, 5.74) is 1.07. The molecule has 0 aliphatic heterocycles. The van der Waals surface area contributed by atoms with Gasteiger partial charge in [-0.1, -0.05) is 6.42 Å². The van der Waals surface area contributed by atoms with Gasteiger partial charge in [-0.2, -0.15) is 5.10 Å². The van der Waals surface area contributed by atoms with E-state index in [0.29, 0.717) is 24.9 Å². The molecule has 2 bridgehead atoms. The summed E-state index contributed by atoms with van der Waals surface area (Å²) in [6.45, 7) is 4.83. The van der Waals surface area contributed by atoms with Crippen LogP contribution in [-0.2, 0) is 11.3 Å². The van der Waals surface area contributed by atoms with Crippen LogP contribution >= 0.6 is 15.9 Å². The minimum atomic E-state index is 0.149. The second-order valence-electron chi connectivity index (χ2n) is 6.75. The summed E-state index contributed by atoms with van der Waals surface area (Å²) in [6, 6.07) is 0.318. The number of halogens is 1. The third kappa shape index (κ3) is 3.17. The zero-order chi connectivity index (χ0) is 15.0. The van der Waals surface area contributed by atoms with Crippen LogP contribution in [0.15, 0.2) is 10.7 Å². The Hall–Kier alpha value is -0.840. The Balaban J connectivity index is 1.47. The quantitative estimate of drug-likeness (QED) is 0.882. The molecule has 0 saturated heterocycles. The average Bonchev–Trinajstić information content (AvgIpc) is 3.15. The second kappa shape index (κ2) is 6.11. The number of amides is 1. The highest BCUT2D eigenvalue weighted by Crippen LogP contribution is 2.49. The first-order valence-electron chi connectivity index (χ1n) is 8.02. The molecule has 21 heavy (non-hydrogen) atoms. The highest BCUT2D eigenvalue weighted by molar-refractivity contribution is 9.10. The molecule has 0 radical (unpaired) electrons. The maximum absolute atomic E-state index is 12.1. The van der Waals surface area contributed by atoms with Crippen molar-refractivity contribution < 1.29 is 4.79 Å². The summed E-state index contributed by atoms with van der Waals surface area (Å²) < 4.78 is 2.88. The molecule has 1 aromatic heterocycles. The maximum Gasteiger partial charge on any atom is 0.222 e. The molecular weight excluding hydrogens is 330 g/mol. The van der Waals surface area contributed by atoms with Crippen LogP contribution < -0.4 is 5.32 Å². The van der Waals surface area contributed by atoms with Crippen molar-refractivity contribution in [2.45, 2.75) is 58.5 Å². The summed E-state index contributed by atoms with van der Waals surface area (Å²) in [5.74, 6) is 2.64. The van der Waals surface area contributed by atoms with Gasteiger partial charge in [-0.25, -0.2) is 0 Å². The van der Waals surface area contributed by atoms with Crippen molar-refractivity contribution in [2.75, 3.05) is 0 Å². The molecule has 1 N–H and O–H groups in total. The number of fused-ring (bicyclic) bond motifs is 2. The molecule has 116 valence electrons. The molecule has 4 atom stereocenters. The molecule has 2 aliphatic carbocycles. The van der Waals surface area contributed by atoms with Crippen LogP contribution in [-0.4, -0.2) is 21.7 Å². The SMILES string of the molecule is Cc1c(Br)cnn1CCC(=O)NC(C)C1CC2CCC1C2. The Morgan fingerprint density at radius 2 is 2.33 bits per heavy atom. The van der Waals surface area contributed by atoms with E-state index in [4.69, 9.17) is 0 Å². The van der Waals surface area contributed by atoms with Gasteiger partial charge in [-0.05, 0) is 66.8 Å². The van der Waals surface area contributed by atoms with Crippen LogP contribution in [0.2, 0.25) is 0 Å². The Kier molecular flexibility index (Phi) is 4.38. The molecule has 1 aromatic rings. The lowest BCUT2D eigenvalue weighted by Crippen LogP contribution is -2.40. The molecule has 4 unspecified atom stereocenters. The number of carbonyl (C=O) groups is 1. The molecule has 1 heterocycles. The smallest absolute Gasteiger partial charge is 0.222 e. The number of hydrogen-bond donors (Lipinski definition) is 1. The van der Waals surface area contributed by atoms with E-state index in [1.165, 1.54) is 25.7 Å². The Morgan fingerprint density at radius 1 is 1.52 bits per heavy atom. The summed E-state index contributed by atoms with van der Waals surface area (Å²) in [6.07, 6.45) is 7.78. The third-order valence-corrected chi connectivity index (χ3v) is 6.20. The lowest BCUT2D eigenvalue weighted by molar-refractivity contribution is -0.122. The van der Waals surface area contributed by atoms with Crippen molar-refractivity contribution >= 4 is 21.8 Å². The van der Waals surface area contributed by atoms with E-state index in [1.54, 1.807) is 6.20 Å². The minimum absolute atomic E-state index is 0.149. The molecule has 2 aliphatic rings. The van der Waals surface area contributed by atoms with Gasteiger partial charge in [0.05, 0.1) is 10.7 Å². The van der Waals surface area contributed by atoms with Crippen LogP contribution in [0.4, 0.5) is 0 Å². The van der Waals surface area contributed by atoms with Gasteiger partial charge < -0.3 is 5.32 Å². The molecule has 5 heteroatoms. The minimum Gasteiger partial charge on any atom is -0.353 e. The zero-order valence-corrected chi connectivity index (χ0v) is 14.4. The van der Waals surface area contributed by atoms with Crippen molar-refractivity contribution in [1.29, 1.82) is 0 Å². The molecule has 1 amide bonds. The fourth-order valence-corrected chi connectivity index (χ4v) is 4.49. The first-order chi connectivity index (χ1) is 10.0. The first-order valence-corrected chi connectivity index (χ1v) is 8.81. The summed E-state index contributed by atoms with van der Waals surface area (Å²) in [4.78, 5) is 12.1. The Bertz CT molecular complexity index is 528. The van der Waals surface area contributed by atoms with E-state index < -0.39 is 0 Å². The zero-order valence-electron chi connectivity index (χ0n) is 12.8. The normalized spacial score (nSPS) is 28.8. The predicted octanol–water partition coefficient (Wildman–Crippen LogP) is 3.29. The van der Waals surface area contributed by atoms with Crippen molar-refractivity contribution in [3.63, 3.8) is 0 Å². The lowest BCUT2D eigenvalue weighted by atomic mass is 9.84. The van der Waals surface area contributed by atoms with Gasteiger partial charge in [0.2, 0.25) is 5.91 Å². The second-order valence-corrected chi connectivity index (χ2v) is 7.60. The molecule has 0 aromatic carbocycles. The van der Waals surface area contributed by atoms with E-state index >= 15 is 0 Å². The highest BCUT2D eigenvalue weighted by atomic mass is 79.9. The van der Waals surface area contributed by atoms with Crippen LogP contribution in [0, 0.1) is 24.7 Å². The van der Waals surface area contributed by atoms with Gasteiger partial charge >= 0.3 is 0 Å². The van der Waals surface area contributed by atoms with Crippen molar-refractivity contribution in [3.8, 4) is 0 Å². The molecule has 4 nitrogen and oxygen atoms in total. The number of nitrogens with zero attached hydrogens (tertiary/aromatic N) is 2. The number of carbonyl (C=O) groups excluding carboxylic acids is 1. The number of hydrogen-bond acceptors (Lipinski definition) is 2. The summed E-state index contributed by atoms with van der Waals surface area (Å²) in [7, 11) is 0. The third-order valence-electron chi connectivity index (χ3n) is 5.42.